The van der Waals surface area contributed by atoms with Crippen LogP contribution in [0.25, 0.3) is 0 Å². The summed E-state index contributed by atoms with van der Waals surface area (Å²) in [4.78, 5) is 2.47. The van der Waals surface area contributed by atoms with Crippen LogP contribution in [-0.2, 0) is 6.54 Å². The van der Waals surface area contributed by atoms with Gasteiger partial charge in [-0.15, -0.1) is 0 Å². The summed E-state index contributed by atoms with van der Waals surface area (Å²) in [5, 5.41) is 4.02. The van der Waals surface area contributed by atoms with Gasteiger partial charge in [-0.05, 0) is 49.9 Å². The molecule has 2 nitrogen and oxygen atoms in total. The third-order valence-corrected chi connectivity index (χ3v) is 4.14. The predicted octanol–water partition coefficient (Wildman–Crippen LogP) is 3.69. The Bertz CT molecular complexity index is 392. The monoisotopic (exact) mass is 266 g/mol. The van der Waals surface area contributed by atoms with Crippen LogP contribution >= 0.6 is 11.6 Å². The Morgan fingerprint density at radius 1 is 1.33 bits per heavy atom. The number of hydrogen-bond acceptors (Lipinski definition) is 2. The summed E-state index contributed by atoms with van der Waals surface area (Å²) in [6.07, 6.45) is 3.93. The highest BCUT2D eigenvalue weighted by molar-refractivity contribution is 6.31. The molecule has 1 saturated heterocycles. The van der Waals surface area contributed by atoms with Gasteiger partial charge in [0.1, 0.15) is 0 Å². The number of halogens is 1. The Labute approximate surface area is 115 Å². The third kappa shape index (κ3) is 3.39. The number of rotatable bonds is 3. The summed E-state index contributed by atoms with van der Waals surface area (Å²) in [6, 6.07) is 6.46. The lowest BCUT2D eigenvalue weighted by Crippen LogP contribution is -2.24. The van der Waals surface area contributed by atoms with E-state index in [1.54, 1.807) is 0 Å². The highest BCUT2D eigenvalue weighted by atomic mass is 35.5. The van der Waals surface area contributed by atoms with E-state index in [1.165, 1.54) is 30.5 Å². The third-order valence-electron chi connectivity index (χ3n) is 3.79. The lowest BCUT2D eigenvalue weighted by molar-refractivity contribution is 0.521. The minimum absolute atomic E-state index is 0.830. The summed E-state index contributed by atoms with van der Waals surface area (Å²) in [5.41, 5.74) is 2.44. The van der Waals surface area contributed by atoms with Gasteiger partial charge in [0.2, 0.25) is 0 Å². The molecule has 1 aromatic carbocycles. The van der Waals surface area contributed by atoms with Crippen LogP contribution in [0.5, 0.6) is 0 Å². The zero-order valence-corrected chi connectivity index (χ0v) is 12.1. The number of hydrogen-bond donors (Lipinski definition) is 1. The molecular formula is C15H23ClN2. The topological polar surface area (TPSA) is 15.3 Å². The van der Waals surface area contributed by atoms with E-state index in [0.29, 0.717) is 0 Å². The van der Waals surface area contributed by atoms with E-state index >= 15 is 0 Å². The van der Waals surface area contributed by atoms with Crippen LogP contribution in [0.4, 0.5) is 5.69 Å². The van der Waals surface area contributed by atoms with E-state index in [0.717, 1.165) is 30.6 Å². The van der Waals surface area contributed by atoms with Crippen LogP contribution in [0, 0.1) is 5.92 Å². The van der Waals surface area contributed by atoms with Crippen LogP contribution in [0.2, 0.25) is 5.02 Å². The van der Waals surface area contributed by atoms with Gasteiger partial charge in [0, 0.05) is 30.3 Å². The highest BCUT2D eigenvalue weighted by Gasteiger charge is 2.14. The van der Waals surface area contributed by atoms with Gasteiger partial charge in [-0.2, -0.15) is 0 Å². The van der Waals surface area contributed by atoms with Crippen LogP contribution in [-0.4, -0.2) is 20.1 Å². The molecule has 1 aliphatic rings. The highest BCUT2D eigenvalue weighted by Crippen LogP contribution is 2.26. The SMILES string of the molecule is CNCc1ccc(N2CCCC(C)CC2)cc1Cl. The lowest BCUT2D eigenvalue weighted by Gasteiger charge is -2.23. The van der Waals surface area contributed by atoms with Crippen LogP contribution in [0.1, 0.15) is 31.7 Å². The Morgan fingerprint density at radius 2 is 2.17 bits per heavy atom. The fourth-order valence-electron chi connectivity index (χ4n) is 2.59. The predicted molar refractivity (Wildman–Crippen MR) is 79.4 cm³/mol. The molecule has 0 bridgehead atoms. The van der Waals surface area contributed by atoms with Gasteiger partial charge in [0.25, 0.3) is 0 Å². The fourth-order valence-corrected chi connectivity index (χ4v) is 2.83. The van der Waals surface area contributed by atoms with Crippen molar-refractivity contribution in [1.82, 2.24) is 5.32 Å². The van der Waals surface area contributed by atoms with Gasteiger partial charge in [-0.3, -0.25) is 0 Å². The maximum atomic E-state index is 6.33. The number of nitrogens with zero attached hydrogens (tertiary/aromatic N) is 1. The molecule has 1 fully saturated rings. The average Bonchev–Trinajstić information content (AvgIpc) is 2.57. The second-order valence-corrected chi connectivity index (χ2v) is 5.74. The Hall–Kier alpha value is -0.730. The standard InChI is InChI=1S/C15H23ClN2/c1-12-4-3-8-18(9-7-12)14-6-5-13(11-17-2)15(16)10-14/h5-6,10,12,17H,3-4,7-9,11H2,1-2H3. The lowest BCUT2D eigenvalue weighted by atomic mass is 10.0. The summed E-state index contributed by atoms with van der Waals surface area (Å²) >= 11 is 6.33. The number of nitrogens with one attached hydrogen (secondary N) is 1. The van der Waals surface area contributed by atoms with Crippen LogP contribution in [0.3, 0.4) is 0 Å². The van der Waals surface area contributed by atoms with Crippen LogP contribution in [0.15, 0.2) is 18.2 Å². The van der Waals surface area contributed by atoms with Gasteiger partial charge in [-0.1, -0.05) is 24.6 Å². The van der Waals surface area contributed by atoms with Crippen LogP contribution < -0.4 is 10.2 Å². The van der Waals surface area contributed by atoms with E-state index in [9.17, 15) is 0 Å². The van der Waals surface area contributed by atoms with Crippen molar-refractivity contribution in [2.75, 3.05) is 25.0 Å². The largest absolute Gasteiger partial charge is 0.371 e. The molecule has 1 N–H and O–H groups in total. The zero-order valence-electron chi connectivity index (χ0n) is 11.4. The van der Waals surface area contributed by atoms with E-state index in [4.69, 9.17) is 11.6 Å². The van der Waals surface area contributed by atoms with Gasteiger partial charge < -0.3 is 10.2 Å². The Balaban J connectivity index is 2.10. The molecule has 0 radical (unpaired) electrons. The number of benzene rings is 1. The second-order valence-electron chi connectivity index (χ2n) is 5.33. The van der Waals surface area contributed by atoms with Crippen molar-refractivity contribution in [3.63, 3.8) is 0 Å². The molecule has 0 amide bonds. The number of anilines is 1. The average molecular weight is 267 g/mol. The molecule has 0 aliphatic carbocycles. The molecule has 3 heteroatoms. The van der Waals surface area contributed by atoms with Crippen molar-refractivity contribution < 1.29 is 0 Å². The van der Waals surface area contributed by atoms with E-state index in [1.807, 2.05) is 7.05 Å². The Morgan fingerprint density at radius 3 is 2.89 bits per heavy atom. The first-order chi connectivity index (χ1) is 8.70. The molecule has 1 aromatic rings. The van der Waals surface area contributed by atoms with Gasteiger partial charge in [0.05, 0.1) is 0 Å². The van der Waals surface area contributed by atoms with E-state index in [-0.39, 0.29) is 0 Å². The molecule has 1 heterocycles. The first-order valence-corrected chi connectivity index (χ1v) is 7.26. The fraction of sp³-hybridized carbons (Fsp3) is 0.600. The minimum atomic E-state index is 0.830. The van der Waals surface area contributed by atoms with Crippen molar-refractivity contribution in [2.45, 2.75) is 32.7 Å². The zero-order chi connectivity index (χ0) is 13.0. The smallest absolute Gasteiger partial charge is 0.0471 e. The van der Waals surface area contributed by atoms with Gasteiger partial charge >= 0.3 is 0 Å². The summed E-state index contributed by atoms with van der Waals surface area (Å²) in [6.45, 7) is 5.50. The minimum Gasteiger partial charge on any atom is -0.371 e. The van der Waals surface area contributed by atoms with Gasteiger partial charge in [-0.25, -0.2) is 0 Å². The molecule has 0 saturated carbocycles. The first kappa shape index (κ1) is 13.7. The van der Waals surface area contributed by atoms with Crippen molar-refractivity contribution in [3.8, 4) is 0 Å². The maximum Gasteiger partial charge on any atom is 0.0471 e. The van der Waals surface area contributed by atoms with Crippen molar-refractivity contribution in [1.29, 1.82) is 0 Å². The summed E-state index contributed by atoms with van der Waals surface area (Å²) in [7, 11) is 1.94. The molecular weight excluding hydrogens is 244 g/mol. The van der Waals surface area contributed by atoms with E-state index < -0.39 is 0 Å². The second kappa shape index (κ2) is 6.44. The quantitative estimate of drug-likeness (QED) is 0.898. The molecule has 0 aromatic heterocycles. The molecule has 18 heavy (non-hydrogen) atoms. The molecule has 1 aliphatic heterocycles. The summed E-state index contributed by atoms with van der Waals surface area (Å²) < 4.78 is 0. The maximum absolute atomic E-state index is 6.33. The van der Waals surface area contributed by atoms with Crippen molar-refractivity contribution in [2.24, 2.45) is 5.92 Å². The Kier molecular flexibility index (Phi) is 4.90. The molecule has 100 valence electrons. The van der Waals surface area contributed by atoms with Gasteiger partial charge in [0.15, 0.2) is 0 Å². The molecule has 1 atom stereocenters. The van der Waals surface area contributed by atoms with Crippen molar-refractivity contribution in [3.05, 3.63) is 28.8 Å². The van der Waals surface area contributed by atoms with E-state index in [2.05, 4.69) is 35.3 Å². The normalized spacial score (nSPS) is 20.8. The molecule has 0 spiro atoms. The van der Waals surface area contributed by atoms with Crippen molar-refractivity contribution >= 4 is 17.3 Å². The molecule has 1 unspecified atom stereocenters. The first-order valence-electron chi connectivity index (χ1n) is 6.88. The summed E-state index contributed by atoms with van der Waals surface area (Å²) in [5.74, 6) is 0.856. The molecule has 2 rings (SSSR count).